The number of rotatable bonds is 4. The lowest BCUT2D eigenvalue weighted by molar-refractivity contribution is 0.575. The number of hydrogen-bond acceptors (Lipinski definition) is 1. The van der Waals surface area contributed by atoms with Crippen LogP contribution in [0, 0.1) is 0 Å². The minimum atomic E-state index is 0.174. The SMILES string of the molecule is C[C@H](NCc1ccc(Br)cc1Cl)c1ccccc1Cl. The van der Waals surface area contributed by atoms with Crippen molar-refractivity contribution in [2.24, 2.45) is 0 Å². The van der Waals surface area contributed by atoms with Crippen LogP contribution in [0.3, 0.4) is 0 Å². The molecule has 4 heteroatoms. The van der Waals surface area contributed by atoms with Gasteiger partial charge in [0.2, 0.25) is 0 Å². The standard InChI is InChI=1S/C15H14BrCl2N/c1-10(13-4-2-3-5-14(13)17)19-9-11-6-7-12(16)8-15(11)18/h2-8,10,19H,9H2,1H3/t10-/m0/s1. The molecule has 100 valence electrons. The fourth-order valence-electron chi connectivity index (χ4n) is 1.86. The van der Waals surface area contributed by atoms with Crippen molar-refractivity contribution in [3.63, 3.8) is 0 Å². The normalized spacial score (nSPS) is 12.4. The molecule has 1 N–H and O–H groups in total. The van der Waals surface area contributed by atoms with Crippen LogP contribution in [0.5, 0.6) is 0 Å². The maximum absolute atomic E-state index is 6.19. The van der Waals surface area contributed by atoms with Gasteiger partial charge in [-0.1, -0.05) is 63.4 Å². The van der Waals surface area contributed by atoms with Crippen molar-refractivity contribution in [2.45, 2.75) is 19.5 Å². The topological polar surface area (TPSA) is 12.0 Å². The van der Waals surface area contributed by atoms with Crippen molar-refractivity contribution in [3.8, 4) is 0 Å². The molecule has 19 heavy (non-hydrogen) atoms. The molecular formula is C15H14BrCl2N. The zero-order chi connectivity index (χ0) is 13.8. The maximum atomic E-state index is 6.19. The zero-order valence-electron chi connectivity index (χ0n) is 10.5. The third kappa shape index (κ3) is 3.96. The highest BCUT2D eigenvalue weighted by atomic mass is 79.9. The smallest absolute Gasteiger partial charge is 0.0462 e. The Bertz CT molecular complexity index is 572. The summed E-state index contributed by atoms with van der Waals surface area (Å²) in [6, 6.07) is 13.9. The summed E-state index contributed by atoms with van der Waals surface area (Å²) in [5, 5.41) is 4.97. The molecule has 0 fully saturated rings. The van der Waals surface area contributed by atoms with E-state index in [-0.39, 0.29) is 6.04 Å². The van der Waals surface area contributed by atoms with E-state index in [0.717, 1.165) is 25.6 Å². The third-order valence-electron chi connectivity index (χ3n) is 2.99. The molecule has 2 aromatic carbocycles. The molecule has 0 aliphatic heterocycles. The van der Waals surface area contributed by atoms with E-state index in [1.807, 2.05) is 42.5 Å². The molecule has 0 spiro atoms. The summed E-state index contributed by atoms with van der Waals surface area (Å²) in [4.78, 5) is 0. The van der Waals surface area contributed by atoms with Crippen LogP contribution in [-0.2, 0) is 6.54 Å². The number of nitrogens with one attached hydrogen (secondary N) is 1. The van der Waals surface area contributed by atoms with Gasteiger partial charge in [0.15, 0.2) is 0 Å². The lowest BCUT2D eigenvalue weighted by Gasteiger charge is -2.16. The maximum Gasteiger partial charge on any atom is 0.0462 e. The average Bonchev–Trinajstić information content (AvgIpc) is 2.38. The van der Waals surface area contributed by atoms with E-state index < -0.39 is 0 Å². The molecule has 0 unspecified atom stereocenters. The molecule has 1 nitrogen and oxygen atoms in total. The van der Waals surface area contributed by atoms with Crippen molar-refractivity contribution < 1.29 is 0 Å². The molecule has 2 aromatic rings. The van der Waals surface area contributed by atoms with Crippen molar-refractivity contribution in [3.05, 3.63) is 68.1 Å². The highest BCUT2D eigenvalue weighted by Gasteiger charge is 2.09. The molecule has 0 saturated heterocycles. The molecule has 0 amide bonds. The van der Waals surface area contributed by atoms with Crippen molar-refractivity contribution >= 4 is 39.1 Å². The van der Waals surface area contributed by atoms with Crippen LogP contribution in [0.25, 0.3) is 0 Å². The van der Waals surface area contributed by atoms with Crippen LogP contribution in [0.4, 0.5) is 0 Å². The Morgan fingerprint density at radius 2 is 1.84 bits per heavy atom. The van der Waals surface area contributed by atoms with Gasteiger partial charge in [0.05, 0.1) is 0 Å². The molecule has 0 heterocycles. The summed E-state index contributed by atoms with van der Waals surface area (Å²) in [7, 11) is 0. The quantitative estimate of drug-likeness (QED) is 0.749. The average molecular weight is 359 g/mol. The molecule has 2 rings (SSSR count). The zero-order valence-corrected chi connectivity index (χ0v) is 13.6. The first kappa shape index (κ1) is 14.9. The van der Waals surface area contributed by atoms with Gasteiger partial charge in [-0.05, 0) is 36.2 Å². The molecule has 0 radical (unpaired) electrons. The van der Waals surface area contributed by atoms with Gasteiger partial charge in [0.1, 0.15) is 0 Å². The van der Waals surface area contributed by atoms with Gasteiger partial charge in [-0.15, -0.1) is 0 Å². The molecular weight excluding hydrogens is 345 g/mol. The van der Waals surface area contributed by atoms with Gasteiger partial charge in [0, 0.05) is 27.1 Å². The largest absolute Gasteiger partial charge is 0.306 e. The van der Waals surface area contributed by atoms with E-state index in [1.54, 1.807) is 0 Å². The first-order chi connectivity index (χ1) is 9.08. The van der Waals surface area contributed by atoms with Crippen LogP contribution in [0.15, 0.2) is 46.9 Å². The minimum absolute atomic E-state index is 0.174. The number of benzene rings is 2. The van der Waals surface area contributed by atoms with E-state index in [0.29, 0.717) is 6.54 Å². The highest BCUT2D eigenvalue weighted by Crippen LogP contribution is 2.24. The molecule has 0 aromatic heterocycles. The Kier molecular flexibility index (Phi) is 5.28. The van der Waals surface area contributed by atoms with E-state index in [4.69, 9.17) is 23.2 Å². The van der Waals surface area contributed by atoms with Crippen LogP contribution in [0.1, 0.15) is 24.1 Å². The Balaban J connectivity index is 2.04. The van der Waals surface area contributed by atoms with Gasteiger partial charge in [0.25, 0.3) is 0 Å². The summed E-state index contributed by atoms with van der Waals surface area (Å²) >= 11 is 15.8. The predicted molar refractivity (Wildman–Crippen MR) is 85.9 cm³/mol. The van der Waals surface area contributed by atoms with E-state index in [1.165, 1.54) is 0 Å². The van der Waals surface area contributed by atoms with Crippen LogP contribution in [0.2, 0.25) is 10.0 Å². The Morgan fingerprint density at radius 3 is 2.53 bits per heavy atom. The summed E-state index contributed by atoms with van der Waals surface area (Å²) < 4.78 is 0.986. The first-order valence-electron chi connectivity index (χ1n) is 5.99. The summed E-state index contributed by atoms with van der Waals surface area (Å²) in [5.41, 5.74) is 2.17. The number of halogens is 3. The van der Waals surface area contributed by atoms with Crippen molar-refractivity contribution in [1.29, 1.82) is 0 Å². The number of hydrogen-bond donors (Lipinski definition) is 1. The second-order valence-corrected chi connectivity index (χ2v) is 6.09. The second-order valence-electron chi connectivity index (χ2n) is 4.36. The fourth-order valence-corrected chi connectivity index (χ4v) is 2.90. The van der Waals surface area contributed by atoms with Crippen LogP contribution < -0.4 is 5.32 Å². The van der Waals surface area contributed by atoms with E-state index in [9.17, 15) is 0 Å². The predicted octanol–water partition coefficient (Wildman–Crippen LogP) is 5.61. The highest BCUT2D eigenvalue weighted by molar-refractivity contribution is 9.10. The lowest BCUT2D eigenvalue weighted by atomic mass is 10.1. The molecule has 0 aliphatic carbocycles. The van der Waals surface area contributed by atoms with E-state index >= 15 is 0 Å². The van der Waals surface area contributed by atoms with Gasteiger partial charge >= 0.3 is 0 Å². The van der Waals surface area contributed by atoms with Crippen molar-refractivity contribution in [2.75, 3.05) is 0 Å². The summed E-state index contributed by atoms with van der Waals surface area (Å²) in [6.45, 7) is 2.80. The second kappa shape index (κ2) is 6.76. The summed E-state index contributed by atoms with van der Waals surface area (Å²) in [5.74, 6) is 0. The molecule has 0 aliphatic rings. The van der Waals surface area contributed by atoms with Gasteiger partial charge < -0.3 is 5.32 Å². The molecule has 0 bridgehead atoms. The monoisotopic (exact) mass is 357 g/mol. The molecule has 1 atom stereocenters. The molecule has 0 saturated carbocycles. The van der Waals surface area contributed by atoms with Crippen molar-refractivity contribution in [1.82, 2.24) is 5.32 Å². The minimum Gasteiger partial charge on any atom is -0.306 e. The lowest BCUT2D eigenvalue weighted by Crippen LogP contribution is -2.18. The summed E-state index contributed by atoms with van der Waals surface area (Å²) in [6.07, 6.45) is 0. The Labute approximate surface area is 132 Å². The Morgan fingerprint density at radius 1 is 1.11 bits per heavy atom. The van der Waals surface area contributed by atoms with Gasteiger partial charge in [-0.2, -0.15) is 0 Å². The van der Waals surface area contributed by atoms with Gasteiger partial charge in [-0.3, -0.25) is 0 Å². The first-order valence-corrected chi connectivity index (χ1v) is 7.54. The third-order valence-corrected chi connectivity index (χ3v) is 4.17. The van der Waals surface area contributed by atoms with E-state index in [2.05, 4.69) is 28.2 Å². The van der Waals surface area contributed by atoms with Crippen LogP contribution in [-0.4, -0.2) is 0 Å². The van der Waals surface area contributed by atoms with Crippen LogP contribution >= 0.6 is 39.1 Å². The Hall–Kier alpha value is -0.540. The fraction of sp³-hybridized carbons (Fsp3) is 0.200. The van der Waals surface area contributed by atoms with Gasteiger partial charge in [-0.25, -0.2) is 0 Å².